The maximum absolute atomic E-state index is 12.5. The predicted molar refractivity (Wildman–Crippen MR) is 97.2 cm³/mol. The molecule has 3 aromatic rings. The van der Waals surface area contributed by atoms with Gasteiger partial charge in [0.2, 0.25) is 0 Å². The lowest BCUT2D eigenvalue weighted by molar-refractivity contribution is -0.117. The molecule has 0 aliphatic heterocycles. The Hall–Kier alpha value is -2.79. The van der Waals surface area contributed by atoms with Gasteiger partial charge in [-0.3, -0.25) is 9.59 Å². The van der Waals surface area contributed by atoms with Gasteiger partial charge in [0.1, 0.15) is 5.75 Å². The van der Waals surface area contributed by atoms with Crippen molar-refractivity contribution in [2.45, 2.75) is 13.0 Å². The Bertz CT molecular complexity index is 931. The Morgan fingerprint density at radius 3 is 2.56 bits per heavy atom. The predicted octanol–water partition coefficient (Wildman–Crippen LogP) is 3.89. The third-order valence-electron chi connectivity index (χ3n) is 4.06. The minimum absolute atomic E-state index is 0.303. The van der Waals surface area contributed by atoms with Crippen LogP contribution in [0.2, 0.25) is 5.02 Å². The number of carbonyl (C=O) groups excluding carboxylic acids is 2. The van der Waals surface area contributed by atoms with Gasteiger partial charge in [-0.25, -0.2) is 0 Å². The van der Waals surface area contributed by atoms with Crippen molar-refractivity contribution in [1.29, 1.82) is 0 Å². The molecule has 0 aliphatic carbocycles. The van der Waals surface area contributed by atoms with Gasteiger partial charge in [-0.15, -0.1) is 0 Å². The number of benzene rings is 2. The van der Waals surface area contributed by atoms with E-state index in [2.05, 4.69) is 10.3 Å². The van der Waals surface area contributed by atoms with Crippen LogP contribution < -0.4 is 10.1 Å². The molecule has 1 heterocycles. The van der Waals surface area contributed by atoms with Gasteiger partial charge in [0.05, 0.1) is 18.7 Å². The number of amides is 1. The van der Waals surface area contributed by atoms with E-state index in [0.29, 0.717) is 16.0 Å². The van der Waals surface area contributed by atoms with E-state index in [9.17, 15) is 9.59 Å². The molecule has 6 heteroatoms. The van der Waals surface area contributed by atoms with E-state index in [1.54, 1.807) is 25.3 Å². The maximum atomic E-state index is 12.5. The second kappa shape index (κ2) is 6.99. The smallest absolute Gasteiger partial charge is 0.292 e. The summed E-state index contributed by atoms with van der Waals surface area (Å²) < 4.78 is 5.11. The Labute approximate surface area is 149 Å². The normalized spacial score (nSPS) is 12.0. The van der Waals surface area contributed by atoms with E-state index in [0.717, 1.165) is 16.8 Å². The molecule has 5 nitrogen and oxygen atoms in total. The number of hydrogen-bond acceptors (Lipinski definition) is 3. The van der Waals surface area contributed by atoms with Crippen molar-refractivity contribution in [3.8, 4) is 5.75 Å². The lowest BCUT2D eigenvalue weighted by atomic mass is 10.1. The van der Waals surface area contributed by atoms with Gasteiger partial charge in [0, 0.05) is 22.1 Å². The first-order valence-corrected chi connectivity index (χ1v) is 8.13. The molecule has 0 unspecified atom stereocenters. The van der Waals surface area contributed by atoms with Crippen LogP contribution in [0.15, 0.2) is 48.7 Å². The average molecular weight is 357 g/mol. The van der Waals surface area contributed by atoms with Gasteiger partial charge in [0.25, 0.3) is 11.7 Å². The first kappa shape index (κ1) is 17.0. The summed E-state index contributed by atoms with van der Waals surface area (Å²) in [6, 6.07) is 12.2. The van der Waals surface area contributed by atoms with E-state index in [-0.39, 0.29) is 6.04 Å². The molecule has 0 spiro atoms. The van der Waals surface area contributed by atoms with Crippen molar-refractivity contribution in [1.82, 2.24) is 10.3 Å². The van der Waals surface area contributed by atoms with E-state index in [1.807, 2.05) is 31.2 Å². The number of aromatic amines is 1. The molecular weight excluding hydrogens is 340 g/mol. The van der Waals surface area contributed by atoms with E-state index < -0.39 is 11.7 Å². The fourth-order valence-electron chi connectivity index (χ4n) is 2.64. The number of methoxy groups -OCH3 is 1. The highest BCUT2D eigenvalue weighted by atomic mass is 35.5. The Balaban J connectivity index is 1.77. The number of Topliss-reactive ketones (excluding diaryl/α,β-unsaturated/α-hetero) is 1. The minimum atomic E-state index is -0.663. The van der Waals surface area contributed by atoms with E-state index >= 15 is 0 Å². The lowest BCUT2D eigenvalue weighted by Gasteiger charge is -2.14. The first-order chi connectivity index (χ1) is 12.0. The summed E-state index contributed by atoms with van der Waals surface area (Å²) in [6.07, 6.45) is 1.53. The molecule has 25 heavy (non-hydrogen) atoms. The van der Waals surface area contributed by atoms with Crippen LogP contribution in [0.5, 0.6) is 5.75 Å². The first-order valence-electron chi connectivity index (χ1n) is 7.75. The van der Waals surface area contributed by atoms with Gasteiger partial charge in [-0.05, 0) is 42.8 Å². The van der Waals surface area contributed by atoms with Crippen LogP contribution in [-0.2, 0) is 4.79 Å². The highest BCUT2D eigenvalue weighted by Gasteiger charge is 2.22. The number of aromatic nitrogens is 1. The second-order valence-electron chi connectivity index (χ2n) is 5.69. The number of ketones is 1. The Kier molecular flexibility index (Phi) is 4.76. The third-order valence-corrected chi connectivity index (χ3v) is 4.29. The van der Waals surface area contributed by atoms with Crippen LogP contribution in [0.25, 0.3) is 10.9 Å². The Morgan fingerprint density at radius 2 is 1.88 bits per heavy atom. The molecule has 0 saturated heterocycles. The van der Waals surface area contributed by atoms with Crippen molar-refractivity contribution in [3.63, 3.8) is 0 Å². The standard InChI is InChI=1S/C19H17ClN2O3/c1-11(12-3-6-14(25-2)7-4-12)22-19(24)18(23)16-10-21-17-8-5-13(20)9-15(16)17/h3-11,21H,1-2H3,(H,22,24)/t11-/m0/s1. The zero-order valence-electron chi connectivity index (χ0n) is 13.8. The number of carbonyl (C=O) groups is 2. The van der Waals surface area contributed by atoms with Crippen molar-refractivity contribution in [2.75, 3.05) is 7.11 Å². The van der Waals surface area contributed by atoms with Crippen molar-refractivity contribution >= 4 is 34.2 Å². The van der Waals surface area contributed by atoms with Crippen molar-refractivity contribution in [3.05, 3.63) is 64.8 Å². The monoisotopic (exact) mass is 356 g/mol. The molecule has 1 atom stereocenters. The number of ether oxygens (including phenoxy) is 1. The molecule has 2 N–H and O–H groups in total. The van der Waals surface area contributed by atoms with Gasteiger partial charge in [-0.1, -0.05) is 23.7 Å². The molecule has 0 bridgehead atoms. The Morgan fingerprint density at radius 1 is 1.16 bits per heavy atom. The summed E-state index contributed by atoms with van der Waals surface area (Å²) in [5.74, 6) is -0.535. The largest absolute Gasteiger partial charge is 0.497 e. The highest BCUT2D eigenvalue weighted by Crippen LogP contribution is 2.23. The zero-order valence-corrected chi connectivity index (χ0v) is 14.6. The molecule has 3 rings (SSSR count). The molecule has 0 radical (unpaired) electrons. The van der Waals surface area contributed by atoms with Crippen LogP contribution >= 0.6 is 11.6 Å². The molecule has 128 valence electrons. The van der Waals surface area contributed by atoms with Crippen LogP contribution in [0.4, 0.5) is 0 Å². The number of hydrogen-bond donors (Lipinski definition) is 2. The van der Waals surface area contributed by atoms with Crippen LogP contribution in [0.1, 0.15) is 28.9 Å². The number of nitrogens with one attached hydrogen (secondary N) is 2. The summed E-state index contributed by atoms with van der Waals surface area (Å²) >= 11 is 5.98. The SMILES string of the molecule is COc1ccc([C@H](C)NC(=O)C(=O)c2c[nH]c3ccc(Cl)cc23)cc1. The van der Waals surface area contributed by atoms with Crippen molar-refractivity contribution < 1.29 is 14.3 Å². The number of rotatable bonds is 5. The topological polar surface area (TPSA) is 71.2 Å². The van der Waals surface area contributed by atoms with Gasteiger partial charge >= 0.3 is 0 Å². The highest BCUT2D eigenvalue weighted by molar-refractivity contribution is 6.45. The van der Waals surface area contributed by atoms with E-state index in [4.69, 9.17) is 16.3 Å². The summed E-state index contributed by atoms with van der Waals surface area (Å²) in [5.41, 5.74) is 1.93. The fraction of sp³-hybridized carbons (Fsp3) is 0.158. The summed E-state index contributed by atoms with van der Waals surface area (Å²) in [5, 5.41) is 3.86. The van der Waals surface area contributed by atoms with Crippen LogP contribution in [0, 0.1) is 0 Å². The summed E-state index contributed by atoms with van der Waals surface area (Å²) in [6.45, 7) is 1.82. The fourth-order valence-corrected chi connectivity index (χ4v) is 2.81. The summed E-state index contributed by atoms with van der Waals surface area (Å²) in [7, 11) is 1.59. The third kappa shape index (κ3) is 3.51. The van der Waals surface area contributed by atoms with Crippen LogP contribution in [0.3, 0.4) is 0 Å². The van der Waals surface area contributed by atoms with Crippen molar-refractivity contribution in [2.24, 2.45) is 0 Å². The van der Waals surface area contributed by atoms with Gasteiger partial charge < -0.3 is 15.0 Å². The van der Waals surface area contributed by atoms with E-state index in [1.165, 1.54) is 6.20 Å². The molecule has 0 fully saturated rings. The maximum Gasteiger partial charge on any atom is 0.292 e. The van der Waals surface area contributed by atoms with Gasteiger partial charge in [0.15, 0.2) is 0 Å². The quantitative estimate of drug-likeness (QED) is 0.538. The molecule has 0 saturated carbocycles. The summed E-state index contributed by atoms with van der Waals surface area (Å²) in [4.78, 5) is 27.8. The molecular formula is C19H17ClN2O3. The molecule has 1 aromatic heterocycles. The molecule has 0 aliphatic rings. The number of H-pyrrole nitrogens is 1. The minimum Gasteiger partial charge on any atom is -0.497 e. The average Bonchev–Trinajstić information content (AvgIpc) is 3.03. The zero-order chi connectivity index (χ0) is 18.0. The van der Waals surface area contributed by atoms with Crippen LogP contribution in [-0.4, -0.2) is 23.8 Å². The second-order valence-corrected chi connectivity index (χ2v) is 6.13. The lowest BCUT2D eigenvalue weighted by Crippen LogP contribution is -2.33. The number of fused-ring (bicyclic) bond motifs is 1. The molecule has 2 aromatic carbocycles. The van der Waals surface area contributed by atoms with Gasteiger partial charge in [-0.2, -0.15) is 0 Å². The number of halogens is 1. The molecule has 1 amide bonds.